The second kappa shape index (κ2) is 5.67. The number of hydrogen-bond acceptors (Lipinski definition) is 3. The van der Waals surface area contributed by atoms with E-state index < -0.39 is 10.8 Å². The Morgan fingerprint density at radius 3 is 2.00 bits per heavy atom. The maximum Gasteiger partial charge on any atom is 0.173 e. The number of methoxy groups -OCH3 is 1. The van der Waals surface area contributed by atoms with Crippen molar-refractivity contribution in [3.8, 4) is 5.75 Å². The fourth-order valence-electron chi connectivity index (χ4n) is 4.24. The Balaban J connectivity index is 2.23. The van der Waals surface area contributed by atoms with Crippen molar-refractivity contribution in [1.29, 1.82) is 0 Å². The number of ketones is 2. The van der Waals surface area contributed by atoms with E-state index in [2.05, 4.69) is 20.8 Å². The lowest BCUT2D eigenvalue weighted by Crippen LogP contribution is -2.49. The van der Waals surface area contributed by atoms with Crippen molar-refractivity contribution in [2.75, 3.05) is 7.11 Å². The summed E-state index contributed by atoms with van der Waals surface area (Å²) in [7, 11) is 1.62. The number of rotatable bonds is 2. The zero-order valence-electron chi connectivity index (χ0n) is 16.8. The Morgan fingerprint density at radius 1 is 0.962 bits per heavy atom. The van der Waals surface area contributed by atoms with Crippen LogP contribution in [-0.4, -0.2) is 18.7 Å². The molecule has 2 aliphatic carbocycles. The van der Waals surface area contributed by atoms with Crippen molar-refractivity contribution in [3.63, 3.8) is 0 Å². The number of Topliss-reactive ketones (excluding diaryl/α,β-unsaturated/α-hetero) is 1. The monoisotopic (exact) mass is 352 g/mol. The highest BCUT2D eigenvalue weighted by atomic mass is 16.5. The molecule has 0 saturated heterocycles. The second-order valence-electron chi connectivity index (χ2n) is 9.40. The molecule has 3 nitrogen and oxygen atoms in total. The van der Waals surface area contributed by atoms with Crippen LogP contribution in [0.15, 0.2) is 42.0 Å². The van der Waals surface area contributed by atoms with Crippen LogP contribution in [0.25, 0.3) is 5.57 Å². The summed E-state index contributed by atoms with van der Waals surface area (Å²) >= 11 is 0. The molecule has 0 heterocycles. The Labute approximate surface area is 156 Å². The lowest BCUT2D eigenvalue weighted by Gasteiger charge is -2.40. The van der Waals surface area contributed by atoms with Gasteiger partial charge in [0.15, 0.2) is 11.6 Å². The summed E-state index contributed by atoms with van der Waals surface area (Å²) in [5.41, 5.74) is 1.04. The highest BCUT2D eigenvalue weighted by Gasteiger charge is 2.62. The van der Waals surface area contributed by atoms with Crippen LogP contribution < -0.4 is 4.74 Å². The summed E-state index contributed by atoms with van der Waals surface area (Å²) in [6.07, 6.45) is 3.68. The SMILES string of the molecule is COc1ccc(C2=CC(=O)C3(C(C)(C)C)C=C(C(C)(C)C)C2C3=O)cc1. The van der Waals surface area contributed by atoms with Gasteiger partial charge in [-0.3, -0.25) is 9.59 Å². The molecule has 2 unspecified atom stereocenters. The number of allylic oxidation sites excluding steroid dienone is 4. The van der Waals surface area contributed by atoms with Gasteiger partial charge in [0.1, 0.15) is 11.2 Å². The van der Waals surface area contributed by atoms with Gasteiger partial charge in [-0.15, -0.1) is 0 Å². The quantitative estimate of drug-likeness (QED) is 0.563. The largest absolute Gasteiger partial charge is 0.497 e. The van der Waals surface area contributed by atoms with E-state index in [0.717, 1.165) is 22.5 Å². The predicted octanol–water partition coefficient (Wildman–Crippen LogP) is 4.87. The molecule has 1 aromatic rings. The van der Waals surface area contributed by atoms with E-state index in [4.69, 9.17) is 4.74 Å². The molecule has 0 fully saturated rings. The summed E-state index contributed by atoms with van der Waals surface area (Å²) in [5, 5.41) is 0. The average molecular weight is 352 g/mol. The van der Waals surface area contributed by atoms with Crippen LogP contribution in [0.1, 0.15) is 47.1 Å². The van der Waals surface area contributed by atoms with Gasteiger partial charge in [0.2, 0.25) is 0 Å². The first-order valence-electron chi connectivity index (χ1n) is 9.11. The first-order valence-corrected chi connectivity index (χ1v) is 9.11. The van der Waals surface area contributed by atoms with Crippen molar-refractivity contribution in [2.45, 2.75) is 41.5 Å². The van der Waals surface area contributed by atoms with Crippen LogP contribution >= 0.6 is 0 Å². The number of carbonyl (C=O) groups excluding carboxylic acids is 2. The zero-order chi connectivity index (χ0) is 19.5. The van der Waals surface area contributed by atoms with Gasteiger partial charge in [0.05, 0.1) is 13.0 Å². The van der Waals surface area contributed by atoms with Gasteiger partial charge in [0, 0.05) is 0 Å². The number of hydrogen-bond donors (Lipinski definition) is 0. The van der Waals surface area contributed by atoms with Gasteiger partial charge in [-0.05, 0) is 40.2 Å². The van der Waals surface area contributed by atoms with Crippen molar-refractivity contribution >= 4 is 17.1 Å². The van der Waals surface area contributed by atoms with Crippen molar-refractivity contribution in [1.82, 2.24) is 0 Å². The molecule has 2 atom stereocenters. The molecule has 0 aliphatic heterocycles. The molecule has 1 aromatic carbocycles. The van der Waals surface area contributed by atoms with Crippen LogP contribution in [0.2, 0.25) is 0 Å². The van der Waals surface area contributed by atoms with E-state index in [9.17, 15) is 9.59 Å². The summed E-state index contributed by atoms with van der Waals surface area (Å²) in [6.45, 7) is 12.3. The van der Waals surface area contributed by atoms with E-state index in [1.54, 1.807) is 13.2 Å². The van der Waals surface area contributed by atoms with E-state index >= 15 is 0 Å². The molecule has 138 valence electrons. The minimum absolute atomic E-state index is 0.0215. The Hall–Kier alpha value is -2.16. The molecule has 3 rings (SSSR count). The minimum Gasteiger partial charge on any atom is -0.497 e. The van der Waals surface area contributed by atoms with Crippen molar-refractivity contribution in [2.24, 2.45) is 22.2 Å². The molecule has 0 saturated carbocycles. The molecule has 0 N–H and O–H groups in total. The third-order valence-corrected chi connectivity index (χ3v) is 5.79. The lowest BCUT2D eigenvalue weighted by molar-refractivity contribution is -0.141. The van der Waals surface area contributed by atoms with Crippen LogP contribution in [0.5, 0.6) is 5.75 Å². The molecule has 0 radical (unpaired) electrons. The normalized spacial score (nSPS) is 25.9. The summed E-state index contributed by atoms with van der Waals surface area (Å²) in [4.78, 5) is 26.8. The Morgan fingerprint density at radius 2 is 1.54 bits per heavy atom. The maximum atomic E-state index is 13.6. The first kappa shape index (κ1) is 18.6. The number of carbonyl (C=O) groups is 2. The van der Waals surface area contributed by atoms with Gasteiger partial charge in [-0.2, -0.15) is 0 Å². The lowest BCUT2D eigenvalue weighted by atomic mass is 9.59. The second-order valence-corrected chi connectivity index (χ2v) is 9.40. The number of benzene rings is 1. The van der Waals surface area contributed by atoms with Crippen molar-refractivity contribution < 1.29 is 14.3 Å². The molecule has 2 aliphatic rings. The van der Waals surface area contributed by atoms with Gasteiger partial charge >= 0.3 is 0 Å². The van der Waals surface area contributed by atoms with Gasteiger partial charge in [0.25, 0.3) is 0 Å². The minimum atomic E-state index is -1.06. The highest BCUT2D eigenvalue weighted by molar-refractivity contribution is 6.26. The summed E-state index contributed by atoms with van der Waals surface area (Å²) < 4.78 is 5.23. The van der Waals surface area contributed by atoms with Crippen LogP contribution in [-0.2, 0) is 9.59 Å². The predicted molar refractivity (Wildman–Crippen MR) is 104 cm³/mol. The van der Waals surface area contributed by atoms with E-state index in [1.165, 1.54) is 0 Å². The van der Waals surface area contributed by atoms with E-state index in [-0.39, 0.29) is 22.9 Å². The fraction of sp³-hybridized carbons (Fsp3) is 0.478. The maximum absolute atomic E-state index is 13.6. The standard InChI is InChI=1S/C23H28O3/c1-21(2,3)17-13-23(22(4,5)6)18(24)12-16(19(17)20(23)25)14-8-10-15(26-7)11-9-14/h8-13,19H,1-7H3. The molecule has 0 amide bonds. The van der Waals surface area contributed by atoms with E-state index in [1.807, 2.05) is 51.1 Å². The number of fused-ring (bicyclic) bond motifs is 2. The van der Waals surface area contributed by atoms with Crippen LogP contribution in [0.4, 0.5) is 0 Å². The smallest absolute Gasteiger partial charge is 0.173 e. The Bertz CT molecular complexity index is 826. The summed E-state index contributed by atoms with van der Waals surface area (Å²) in [6, 6.07) is 7.58. The average Bonchev–Trinajstić information content (AvgIpc) is 2.77. The molecular formula is C23H28O3. The zero-order valence-corrected chi connectivity index (χ0v) is 16.8. The number of ether oxygens (including phenoxy) is 1. The molecule has 3 heteroatoms. The molecule has 2 bridgehead atoms. The fourth-order valence-corrected chi connectivity index (χ4v) is 4.24. The Kier molecular flexibility index (Phi) is 4.06. The molecule has 26 heavy (non-hydrogen) atoms. The van der Waals surface area contributed by atoms with Gasteiger partial charge in [-0.1, -0.05) is 65.3 Å². The van der Waals surface area contributed by atoms with Crippen LogP contribution in [0.3, 0.4) is 0 Å². The molecule has 0 aromatic heterocycles. The third kappa shape index (κ3) is 2.48. The third-order valence-electron chi connectivity index (χ3n) is 5.79. The topological polar surface area (TPSA) is 43.4 Å². The molecular weight excluding hydrogens is 324 g/mol. The van der Waals surface area contributed by atoms with Gasteiger partial charge < -0.3 is 4.74 Å². The first-order chi connectivity index (χ1) is 11.9. The van der Waals surface area contributed by atoms with Crippen LogP contribution in [0, 0.1) is 22.2 Å². The summed E-state index contributed by atoms with van der Waals surface area (Å²) in [5.74, 6) is 0.315. The van der Waals surface area contributed by atoms with Crippen molar-refractivity contribution in [3.05, 3.63) is 47.6 Å². The van der Waals surface area contributed by atoms with E-state index in [0.29, 0.717) is 0 Å². The van der Waals surface area contributed by atoms with Gasteiger partial charge in [-0.25, -0.2) is 0 Å². The highest BCUT2D eigenvalue weighted by Crippen LogP contribution is 2.58. The molecule has 0 spiro atoms.